The number of hydrogen-bond donors (Lipinski definition) is 1. The second-order valence-corrected chi connectivity index (χ2v) is 4.60. The number of benzene rings is 1. The van der Waals surface area contributed by atoms with E-state index in [1.54, 1.807) is 0 Å². The van der Waals surface area contributed by atoms with Crippen LogP contribution in [0.3, 0.4) is 0 Å². The highest BCUT2D eigenvalue weighted by atomic mass is 16.5. The number of aldehydes is 1. The average Bonchev–Trinajstić information content (AvgIpc) is 2.45. The lowest BCUT2D eigenvalue weighted by atomic mass is 10.1. The fourth-order valence-electron chi connectivity index (χ4n) is 1.62. The molecule has 0 bridgehead atoms. The molecule has 0 fully saturated rings. The molecule has 1 aromatic carbocycles. The summed E-state index contributed by atoms with van der Waals surface area (Å²) >= 11 is 0. The highest BCUT2D eigenvalue weighted by molar-refractivity contribution is 5.67. The smallest absolute Gasteiger partial charge is 0.407 e. The van der Waals surface area contributed by atoms with E-state index in [0.29, 0.717) is 6.54 Å². The van der Waals surface area contributed by atoms with Crippen molar-refractivity contribution >= 4 is 12.4 Å². The number of unbranched alkanes of at least 4 members (excludes halogenated alkanes) is 1. The first kappa shape index (κ1) is 15.2. The molecule has 0 aliphatic rings. The van der Waals surface area contributed by atoms with Gasteiger partial charge in [-0.05, 0) is 18.4 Å². The van der Waals surface area contributed by atoms with Gasteiger partial charge in [0.2, 0.25) is 0 Å². The Kier molecular flexibility index (Phi) is 7.32. The van der Waals surface area contributed by atoms with Crippen LogP contribution in [0, 0.1) is 5.92 Å². The fraction of sp³-hybridized carbons (Fsp3) is 0.467. The van der Waals surface area contributed by atoms with Crippen molar-refractivity contribution in [2.75, 3.05) is 6.54 Å². The summed E-state index contributed by atoms with van der Waals surface area (Å²) < 4.78 is 5.07. The van der Waals surface area contributed by atoms with Gasteiger partial charge in [-0.3, -0.25) is 0 Å². The number of carbonyl (C=O) groups excluding carboxylic acids is 2. The van der Waals surface area contributed by atoms with Crippen molar-refractivity contribution in [1.29, 1.82) is 0 Å². The van der Waals surface area contributed by atoms with E-state index >= 15 is 0 Å². The van der Waals surface area contributed by atoms with Gasteiger partial charge in [-0.2, -0.15) is 0 Å². The molecule has 1 aromatic rings. The van der Waals surface area contributed by atoms with Crippen molar-refractivity contribution in [3.05, 3.63) is 35.9 Å². The van der Waals surface area contributed by atoms with Crippen LogP contribution in [0.1, 0.15) is 31.7 Å². The highest BCUT2D eigenvalue weighted by Gasteiger charge is 2.02. The molecular weight excluding hydrogens is 242 g/mol. The molecule has 0 aliphatic carbocycles. The van der Waals surface area contributed by atoms with E-state index in [4.69, 9.17) is 4.74 Å². The molecule has 0 heterocycles. The molecule has 0 aromatic heterocycles. The molecule has 19 heavy (non-hydrogen) atoms. The van der Waals surface area contributed by atoms with Gasteiger partial charge < -0.3 is 14.8 Å². The van der Waals surface area contributed by atoms with Crippen LogP contribution in [0.2, 0.25) is 0 Å². The minimum Gasteiger partial charge on any atom is -0.445 e. The quantitative estimate of drug-likeness (QED) is 0.579. The first-order chi connectivity index (χ1) is 9.22. The zero-order chi connectivity index (χ0) is 13.9. The van der Waals surface area contributed by atoms with Crippen LogP contribution < -0.4 is 5.32 Å². The Morgan fingerprint density at radius 3 is 2.74 bits per heavy atom. The van der Waals surface area contributed by atoms with Gasteiger partial charge >= 0.3 is 6.09 Å². The summed E-state index contributed by atoms with van der Waals surface area (Å²) in [6, 6.07) is 9.56. The van der Waals surface area contributed by atoms with Crippen molar-refractivity contribution in [1.82, 2.24) is 5.32 Å². The maximum atomic E-state index is 11.4. The van der Waals surface area contributed by atoms with Gasteiger partial charge in [-0.15, -0.1) is 0 Å². The lowest BCUT2D eigenvalue weighted by Gasteiger charge is -2.07. The number of amides is 1. The Bertz CT molecular complexity index is 378. The third-order valence-electron chi connectivity index (χ3n) is 2.80. The van der Waals surface area contributed by atoms with Gasteiger partial charge in [0, 0.05) is 12.5 Å². The lowest BCUT2D eigenvalue weighted by molar-refractivity contribution is -0.110. The molecule has 1 N–H and O–H groups in total. The van der Waals surface area contributed by atoms with Crippen molar-refractivity contribution in [3.63, 3.8) is 0 Å². The van der Waals surface area contributed by atoms with E-state index in [1.807, 2.05) is 37.3 Å². The zero-order valence-electron chi connectivity index (χ0n) is 11.3. The summed E-state index contributed by atoms with van der Waals surface area (Å²) in [5, 5.41) is 2.70. The van der Waals surface area contributed by atoms with Crippen LogP contribution in [0.25, 0.3) is 0 Å². The Morgan fingerprint density at radius 2 is 2.05 bits per heavy atom. The summed E-state index contributed by atoms with van der Waals surface area (Å²) in [5.41, 5.74) is 0.970. The number of rotatable bonds is 8. The molecule has 1 rings (SSSR count). The Labute approximate surface area is 114 Å². The molecular formula is C15H21NO3. The Balaban J connectivity index is 2.04. The summed E-state index contributed by atoms with van der Waals surface area (Å²) in [5.74, 6) is 0.102. The molecule has 1 unspecified atom stereocenters. The molecule has 0 aliphatic heterocycles. The number of alkyl carbamates (subject to hydrolysis) is 1. The number of nitrogens with one attached hydrogen (secondary N) is 1. The van der Waals surface area contributed by atoms with Crippen LogP contribution in [0.15, 0.2) is 30.3 Å². The second kappa shape index (κ2) is 9.14. The Morgan fingerprint density at radius 1 is 1.32 bits per heavy atom. The normalized spacial score (nSPS) is 11.6. The van der Waals surface area contributed by atoms with Crippen LogP contribution in [0.4, 0.5) is 4.79 Å². The second-order valence-electron chi connectivity index (χ2n) is 4.60. The molecule has 0 spiro atoms. The topological polar surface area (TPSA) is 55.4 Å². The lowest BCUT2D eigenvalue weighted by Crippen LogP contribution is -2.25. The maximum Gasteiger partial charge on any atom is 0.407 e. The van der Waals surface area contributed by atoms with Gasteiger partial charge in [0.1, 0.15) is 12.9 Å². The third-order valence-corrected chi connectivity index (χ3v) is 2.80. The molecule has 4 heteroatoms. The predicted octanol–water partition coefficient (Wildman–Crippen LogP) is 2.92. The van der Waals surface area contributed by atoms with Crippen molar-refractivity contribution in [2.24, 2.45) is 5.92 Å². The van der Waals surface area contributed by atoms with Crippen LogP contribution in [0.5, 0.6) is 0 Å². The number of hydrogen-bond acceptors (Lipinski definition) is 3. The maximum absolute atomic E-state index is 11.4. The minimum absolute atomic E-state index is 0.102. The molecule has 0 radical (unpaired) electrons. The van der Waals surface area contributed by atoms with E-state index in [1.165, 1.54) is 0 Å². The summed E-state index contributed by atoms with van der Waals surface area (Å²) in [6.45, 7) is 2.77. The van der Waals surface area contributed by atoms with Gasteiger partial charge in [-0.25, -0.2) is 4.79 Å². The van der Waals surface area contributed by atoms with Crippen LogP contribution in [-0.2, 0) is 16.1 Å². The van der Waals surface area contributed by atoms with Crippen molar-refractivity contribution in [2.45, 2.75) is 32.8 Å². The molecule has 104 valence electrons. The number of carbonyl (C=O) groups is 2. The van der Waals surface area contributed by atoms with E-state index < -0.39 is 6.09 Å². The SMILES string of the molecule is CC(C=O)CCCCNC(=O)OCc1ccccc1. The fourth-order valence-corrected chi connectivity index (χ4v) is 1.62. The van der Waals surface area contributed by atoms with E-state index in [-0.39, 0.29) is 12.5 Å². The Hall–Kier alpha value is -1.84. The largest absolute Gasteiger partial charge is 0.445 e. The van der Waals surface area contributed by atoms with Crippen molar-refractivity contribution < 1.29 is 14.3 Å². The molecule has 0 saturated heterocycles. The van der Waals surface area contributed by atoms with Crippen molar-refractivity contribution in [3.8, 4) is 0 Å². The summed E-state index contributed by atoms with van der Waals surface area (Å²) in [4.78, 5) is 21.8. The molecule has 0 saturated carbocycles. The predicted molar refractivity (Wildman–Crippen MR) is 73.7 cm³/mol. The van der Waals surface area contributed by atoms with Crippen LogP contribution in [-0.4, -0.2) is 18.9 Å². The van der Waals surface area contributed by atoms with E-state index in [2.05, 4.69) is 5.32 Å². The molecule has 1 atom stereocenters. The van der Waals surface area contributed by atoms with E-state index in [9.17, 15) is 9.59 Å². The van der Waals surface area contributed by atoms with Gasteiger partial charge in [0.05, 0.1) is 0 Å². The minimum atomic E-state index is -0.396. The first-order valence-corrected chi connectivity index (χ1v) is 6.62. The summed E-state index contributed by atoms with van der Waals surface area (Å²) in [6.07, 6.45) is 3.22. The average molecular weight is 263 g/mol. The third kappa shape index (κ3) is 7.24. The molecule has 4 nitrogen and oxygen atoms in total. The van der Waals surface area contributed by atoms with Crippen LogP contribution >= 0.6 is 0 Å². The summed E-state index contributed by atoms with van der Waals surface area (Å²) in [7, 11) is 0. The van der Waals surface area contributed by atoms with Gasteiger partial charge in [-0.1, -0.05) is 43.7 Å². The zero-order valence-corrected chi connectivity index (χ0v) is 11.3. The van der Waals surface area contributed by atoms with E-state index in [0.717, 1.165) is 31.1 Å². The monoisotopic (exact) mass is 263 g/mol. The first-order valence-electron chi connectivity index (χ1n) is 6.62. The molecule has 1 amide bonds. The van der Waals surface area contributed by atoms with Gasteiger partial charge in [0.25, 0.3) is 0 Å². The standard InChI is InChI=1S/C15H21NO3/c1-13(11-17)7-5-6-10-16-15(18)19-12-14-8-3-2-4-9-14/h2-4,8-9,11,13H,5-7,10,12H2,1H3,(H,16,18). The number of ether oxygens (including phenoxy) is 1. The highest BCUT2D eigenvalue weighted by Crippen LogP contribution is 2.04. The van der Waals surface area contributed by atoms with Gasteiger partial charge in [0.15, 0.2) is 0 Å².